The van der Waals surface area contributed by atoms with Crippen LogP contribution in [0.2, 0.25) is 0 Å². The van der Waals surface area contributed by atoms with Gasteiger partial charge in [-0.2, -0.15) is 0 Å². The van der Waals surface area contributed by atoms with Crippen LogP contribution in [0.4, 0.5) is 0 Å². The minimum atomic E-state index is -0.392. The molecule has 0 radical (unpaired) electrons. The third-order valence-corrected chi connectivity index (χ3v) is 6.15. The molecule has 0 spiro atoms. The Balaban J connectivity index is 2.04. The van der Waals surface area contributed by atoms with Crippen LogP contribution < -0.4 is 0 Å². The molecule has 0 aliphatic heterocycles. The van der Waals surface area contributed by atoms with Crippen molar-refractivity contribution < 1.29 is 5.11 Å². The lowest BCUT2D eigenvalue weighted by Crippen LogP contribution is -2.29. The number of phenols is 1. The fraction of sp³-hybridized carbons (Fsp3) is 0.111. The number of aromatic hydroxyl groups is 1. The Kier molecular flexibility index (Phi) is 3.67. The largest absolute Gasteiger partial charge is 0.508 e. The Morgan fingerprint density at radius 2 is 1.21 bits per heavy atom. The highest BCUT2D eigenvalue weighted by Crippen LogP contribution is 2.58. The quantitative estimate of drug-likeness (QED) is 0.387. The summed E-state index contributed by atoms with van der Waals surface area (Å²) in [6.45, 7) is 4.14. The molecule has 0 amide bonds. The van der Waals surface area contributed by atoms with Crippen LogP contribution in [-0.4, -0.2) is 5.11 Å². The van der Waals surface area contributed by atoms with Crippen molar-refractivity contribution in [1.82, 2.24) is 0 Å². The van der Waals surface area contributed by atoms with Crippen LogP contribution in [0, 0.1) is 13.8 Å². The van der Waals surface area contributed by atoms with Gasteiger partial charge in [-0.1, -0.05) is 84.9 Å². The molecular weight excluding hydrogens is 340 g/mol. The summed E-state index contributed by atoms with van der Waals surface area (Å²) in [5, 5.41) is 10.6. The molecule has 0 saturated carbocycles. The maximum atomic E-state index is 10.6. The predicted molar refractivity (Wildman–Crippen MR) is 115 cm³/mol. The number of aryl methyl sites for hydroxylation is 1. The Morgan fingerprint density at radius 1 is 0.679 bits per heavy atom. The van der Waals surface area contributed by atoms with Gasteiger partial charge in [0, 0.05) is 0 Å². The van der Waals surface area contributed by atoms with Gasteiger partial charge >= 0.3 is 0 Å². The number of hydrogen-bond acceptors (Lipinski definition) is 1. The zero-order valence-electron chi connectivity index (χ0n) is 16.1. The number of rotatable bonds is 2. The average molecular weight is 362 g/mol. The smallest absolute Gasteiger partial charge is 0.119 e. The van der Waals surface area contributed by atoms with E-state index in [1.54, 1.807) is 0 Å². The van der Waals surface area contributed by atoms with Crippen LogP contribution in [0.25, 0.3) is 11.1 Å². The van der Waals surface area contributed by atoms with Crippen molar-refractivity contribution in [2.45, 2.75) is 19.3 Å². The summed E-state index contributed by atoms with van der Waals surface area (Å²) in [5.41, 5.74) is 9.10. The molecule has 0 heterocycles. The molecule has 1 nitrogen and oxygen atoms in total. The van der Waals surface area contributed by atoms with Gasteiger partial charge in [-0.05, 0) is 64.4 Å². The van der Waals surface area contributed by atoms with Gasteiger partial charge < -0.3 is 5.11 Å². The second-order valence-corrected chi connectivity index (χ2v) is 7.62. The highest BCUT2D eigenvalue weighted by molar-refractivity contribution is 5.90. The lowest BCUT2D eigenvalue weighted by atomic mass is 9.66. The maximum Gasteiger partial charge on any atom is 0.119 e. The van der Waals surface area contributed by atoms with Gasteiger partial charge in [-0.25, -0.2) is 0 Å². The van der Waals surface area contributed by atoms with Gasteiger partial charge in [0.25, 0.3) is 0 Å². The van der Waals surface area contributed by atoms with Crippen molar-refractivity contribution in [2.75, 3.05) is 0 Å². The molecule has 0 fully saturated rings. The maximum absolute atomic E-state index is 10.6. The van der Waals surface area contributed by atoms with Crippen LogP contribution in [0.5, 0.6) is 5.75 Å². The van der Waals surface area contributed by atoms with Crippen LogP contribution >= 0.6 is 0 Å². The normalized spacial score (nSPS) is 13.8. The van der Waals surface area contributed by atoms with E-state index >= 15 is 0 Å². The van der Waals surface area contributed by atoms with E-state index < -0.39 is 5.41 Å². The Hall–Kier alpha value is -3.32. The van der Waals surface area contributed by atoms with Gasteiger partial charge in [0.2, 0.25) is 0 Å². The lowest BCUT2D eigenvalue weighted by Gasteiger charge is -2.35. The second kappa shape index (κ2) is 6.10. The summed E-state index contributed by atoms with van der Waals surface area (Å²) in [6, 6.07) is 32.0. The van der Waals surface area contributed by atoms with E-state index in [0.717, 1.165) is 11.1 Å². The van der Waals surface area contributed by atoms with Gasteiger partial charge in [0.15, 0.2) is 0 Å². The van der Waals surface area contributed by atoms with E-state index in [9.17, 15) is 5.11 Å². The Bertz CT molecular complexity index is 1130. The highest BCUT2D eigenvalue weighted by atomic mass is 16.3. The third kappa shape index (κ3) is 2.07. The predicted octanol–water partition coefficient (Wildman–Crippen LogP) is 6.37. The van der Waals surface area contributed by atoms with Crippen molar-refractivity contribution >= 4 is 0 Å². The first-order valence-corrected chi connectivity index (χ1v) is 9.70. The van der Waals surface area contributed by atoms with Crippen LogP contribution in [0.15, 0.2) is 91.0 Å². The number of phenolic OH excluding ortho intramolecular Hbond substituents is 1. The van der Waals surface area contributed by atoms with E-state index in [1.807, 2.05) is 13.0 Å². The molecule has 1 aliphatic rings. The second-order valence-electron chi connectivity index (χ2n) is 7.62. The van der Waals surface area contributed by atoms with Gasteiger partial charge in [-0.15, -0.1) is 0 Å². The summed E-state index contributed by atoms with van der Waals surface area (Å²) in [5.74, 6) is 0.364. The molecule has 1 N–H and O–H groups in total. The summed E-state index contributed by atoms with van der Waals surface area (Å²) < 4.78 is 0. The highest BCUT2D eigenvalue weighted by Gasteiger charge is 2.47. The molecule has 136 valence electrons. The monoisotopic (exact) mass is 362 g/mol. The van der Waals surface area contributed by atoms with E-state index in [2.05, 4.69) is 91.9 Å². The fourth-order valence-corrected chi connectivity index (χ4v) is 5.02. The van der Waals surface area contributed by atoms with Crippen LogP contribution in [0.1, 0.15) is 33.4 Å². The molecule has 0 bridgehead atoms. The lowest BCUT2D eigenvalue weighted by molar-refractivity contribution is 0.470. The Morgan fingerprint density at radius 3 is 1.82 bits per heavy atom. The average Bonchev–Trinajstić information content (AvgIpc) is 3.06. The zero-order valence-corrected chi connectivity index (χ0v) is 16.1. The summed E-state index contributed by atoms with van der Waals surface area (Å²) in [4.78, 5) is 0. The number of benzene rings is 4. The first kappa shape index (κ1) is 16.8. The van der Waals surface area contributed by atoms with Gasteiger partial charge in [-0.3, -0.25) is 0 Å². The molecule has 5 rings (SSSR count). The first-order chi connectivity index (χ1) is 13.7. The van der Waals surface area contributed by atoms with E-state index in [0.29, 0.717) is 5.75 Å². The van der Waals surface area contributed by atoms with Crippen molar-refractivity contribution in [3.05, 3.63) is 124 Å². The standard InChI is InChI=1S/C27H22O/c1-18-17-24(28)19(2)25-22-15-9-10-16-23(22)27(26(18)25,20-11-5-3-6-12-20)21-13-7-4-8-14-21/h3-17,28H,1-2H3. The molecule has 0 saturated heterocycles. The van der Waals surface area contributed by atoms with Crippen LogP contribution in [-0.2, 0) is 5.41 Å². The summed E-state index contributed by atoms with van der Waals surface area (Å²) in [6.07, 6.45) is 0. The first-order valence-electron chi connectivity index (χ1n) is 9.70. The summed E-state index contributed by atoms with van der Waals surface area (Å²) in [7, 11) is 0. The molecule has 1 aliphatic carbocycles. The van der Waals surface area contributed by atoms with Gasteiger partial charge in [0.1, 0.15) is 5.75 Å². The fourth-order valence-electron chi connectivity index (χ4n) is 5.02. The molecule has 0 unspecified atom stereocenters. The van der Waals surface area contributed by atoms with Crippen molar-refractivity contribution in [1.29, 1.82) is 0 Å². The van der Waals surface area contributed by atoms with Crippen molar-refractivity contribution in [3.8, 4) is 16.9 Å². The summed E-state index contributed by atoms with van der Waals surface area (Å²) >= 11 is 0. The topological polar surface area (TPSA) is 20.2 Å². The molecule has 28 heavy (non-hydrogen) atoms. The zero-order chi connectivity index (χ0) is 19.3. The molecule has 1 heteroatoms. The van der Waals surface area contributed by atoms with Gasteiger partial charge in [0.05, 0.1) is 5.41 Å². The molecule has 0 atom stereocenters. The van der Waals surface area contributed by atoms with Crippen molar-refractivity contribution in [3.63, 3.8) is 0 Å². The Labute approximate surface area is 165 Å². The number of fused-ring (bicyclic) bond motifs is 3. The SMILES string of the molecule is Cc1cc(O)c(C)c2c1C(c1ccccc1)(c1ccccc1)c1ccccc1-2. The van der Waals surface area contributed by atoms with E-state index in [1.165, 1.54) is 33.4 Å². The minimum Gasteiger partial charge on any atom is -0.508 e. The van der Waals surface area contributed by atoms with E-state index in [-0.39, 0.29) is 0 Å². The minimum absolute atomic E-state index is 0.364. The number of hydrogen-bond donors (Lipinski definition) is 1. The molecule has 4 aromatic rings. The van der Waals surface area contributed by atoms with Crippen molar-refractivity contribution in [2.24, 2.45) is 0 Å². The van der Waals surface area contributed by atoms with E-state index in [4.69, 9.17) is 0 Å². The molecular formula is C27H22O. The third-order valence-electron chi connectivity index (χ3n) is 6.15. The molecule has 0 aromatic heterocycles. The molecule has 4 aromatic carbocycles. The van der Waals surface area contributed by atoms with Crippen LogP contribution in [0.3, 0.4) is 0 Å².